The highest BCUT2D eigenvalue weighted by atomic mass is 35.5. The van der Waals surface area contributed by atoms with Gasteiger partial charge in [-0.3, -0.25) is 4.79 Å². The van der Waals surface area contributed by atoms with Gasteiger partial charge in [-0.2, -0.15) is 5.26 Å². The molecule has 0 heterocycles. The first kappa shape index (κ1) is 14.1. The molecule has 0 aliphatic rings. The molecule has 0 atom stereocenters. The van der Waals surface area contributed by atoms with Crippen molar-refractivity contribution in [2.45, 2.75) is 13.0 Å². The number of nitriles is 1. The number of nitrogens with zero attached hydrogens (tertiary/aromatic N) is 1. The molecule has 0 aliphatic heterocycles. The van der Waals surface area contributed by atoms with Crippen LogP contribution in [0.1, 0.15) is 16.7 Å². The maximum Gasteiger partial charge on any atom is 0.224 e. The highest BCUT2D eigenvalue weighted by Crippen LogP contribution is 2.10. The largest absolute Gasteiger partial charge is 0.352 e. The van der Waals surface area contributed by atoms with E-state index in [1.807, 2.05) is 24.3 Å². The smallest absolute Gasteiger partial charge is 0.224 e. The third kappa shape index (κ3) is 4.11. The second-order valence-electron chi connectivity index (χ2n) is 4.39. The summed E-state index contributed by atoms with van der Waals surface area (Å²) in [5, 5.41) is 12.2. The van der Waals surface area contributed by atoms with E-state index in [1.165, 1.54) is 0 Å². The van der Waals surface area contributed by atoms with Crippen molar-refractivity contribution in [3.63, 3.8) is 0 Å². The van der Waals surface area contributed by atoms with Crippen molar-refractivity contribution in [1.82, 2.24) is 5.32 Å². The fourth-order valence-corrected chi connectivity index (χ4v) is 2.01. The normalized spacial score (nSPS) is 9.80. The van der Waals surface area contributed by atoms with Gasteiger partial charge in [0, 0.05) is 11.6 Å². The van der Waals surface area contributed by atoms with Gasteiger partial charge in [-0.1, -0.05) is 35.9 Å². The van der Waals surface area contributed by atoms with Gasteiger partial charge in [0.25, 0.3) is 0 Å². The first-order chi connectivity index (χ1) is 9.67. The Balaban J connectivity index is 1.87. The molecule has 2 aromatic carbocycles. The van der Waals surface area contributed by atoms with Crippen molar-refractivity contribution in [3.05, 3.63) is 70.2 Å². The van der Waals surface area contributed by atoms with E-state index in [0.29, 0.717) is 23.6 Å². The van der Waals surface area contributed by atoms with Crippen LogP contribution in [0.3, 0.4) is 0 Å². The summed E-state index contributed by atoms with van der Waals surface area (Å²) in [6, 6.07) is 16.4. The second-order valence-corrected chi connectivity index (χ2v) is 4.83. The maximum absolute atomic E-state index is 11.8. The van der Waals surface area contributed by atoms with E-state index in [2.05, 4.69) is 5.32 Å². The molecule has 0 saturated carbocycles. The molecule has 0 unspecified atom stereocenters. The van der Waals surface area contributed by atoms with E-state index in [9.17, 15) is 4.79 Å². The summed E-state index contributed by atoms with van der Waals surface area (Å²) in [6.07, 6.45) is 0.298. The van der Waals surface area contributed by atoms with Gasteiger partial charge < -0.3 is 5.32 Å². The first-order valence-electron chi connectivity index (χ1n) is 6.17. The molecule has 4 heteroatoms. The Labute approximate surface area is 122 Å². The highest BCUT2D eigenvalue weighted by Gasteiger charge is 2.03. The number of rotatable bonds is 4. The zero-order valence-corrected chi connectivity index (χ0v) is 11.5. The molecule has 0 fully saturated rings. The van der Waals surface area contributed by atoms with Gasteiger partial charge in [0.15, 0.2) is 0 Å². The molecular weight excluding hydrogens is 272 g/mol. The number of benzene rings is 2. The van der Waals surface area contributed by atoms with Crippen LogP contribution < -0.4 is 5.32 Å². The number of halogens is 1. The molecule has 100 valence electrons. The molecule has 0 saturated heterocycles. The Bertz CT molecular complexity index is 644. The van der Waals surface area contributed by atoms with Gasteiger partial charge in [0.2, 0.25) is 5.91 Å². The lowest BCUT2D eigenvalue weighted by Gasteiger charge is -2.06. The summed E-state index contributed by atoms with van der Waals surface area (Å²) >= 11 is 5.88. The Kier molecular flexibility index (Phi) is 4.75. The van der Waals surface area contributed by atoms with Crippen molar-refractivity contribution in [2.24, 2.45) is 0 Å². The molecule has 1 amide bonds. The van der Waals surface area contributed by atoms with Gasteiger partial charge in [-0.15, -0.1) is 0 Å². The van der Waals surface area contributed by atoms with Crippen LogP contribution in [0.15, 0.2) is 48.5 Å². The van der Waals surface area contributed by atoms with E-state index < -0.39 is 0 Å². The molecule has 0 spiro atoms. The SMILES string of the molecule is N#Cc1ccc(CC(=O)NCc2cccc(Cl)c2)cc1. The summed E-state index contributed by atoms with van der Waals surface area (Å²) < 4.78 is 0. The monoisotopic (exact) mass is 284 g/mol. The molecule has 0 aliphatic carbocycles. The number of nitrogens with one attached hydrogen (secondary N) is 1. The average Bonchev–Trinajstić information content (AvgIpc) is 2.46. The number of amides is 1. The summed E-state index contributed by atoms with van der Waals surface area (Å²) in [4.78, 5) is 11.8. The number of hydrogen-bond acceptors (Lipinski definition) is 2. The minimum Gasteiger partial charge on any atom is -0.352 e. The predicted molar refractivity (Wildman–Crippen MR) is 78.2 cm³/mol. The minimum absolute atomic E-state index is 0.0605. The van der Waals surface area contributed by atoms with E-state index in [1.54, 1.807) is 30.3 Å². The predicted octanol–water partition coefficient (Wildman–Crippen LogP) is 3.07. The van der Waals surface area contributed by atoms with E-state index >= 15 is 0 Å². The lowest BCUT2D eigenvalue weighted by atomic mass is 10.1. The van der Waals surface area contributed by atoms with Crippen LogP contribution in [-0.2, 0) is 17.8 Å². The fraction of sp³-hybridized carbons (Fsp3) is 0.125. The van der Waals surface area contributed by atoms with Gasteiger partial charge in [-0.05, 0) is 35.4 Å². The van der Waals surface area contributed by atoms with Crippen LogP contribution in [0.5, 0.6) is 0 Å². The highest BCUT2D eigenvalue weighted by molar-refractivity contribution is 6.30. The van der Waals surface area contributed by atoms with Crippen LogP contribution in [0, 0.1) is 11.3 Å². The molecular formula is C16H13ClN2O. The van der Waals surface area contributed by atoms with Crippen molar-refractivity contribution in [3.8, 4) is 6.07 Å². The Morgan fingerprint density at radius 2 is 1.90 bits per heavy atom. The van der Waals surface area contributed by atoms with Crippen molar-refractivity contribution < 1.29 is 4.79 Å². The Morgan fingerprint density at radius 1 is 1.15 bits per heavy atom. The van der Waals surface area contributed by atoms with Crippen molar-refractivity contribution in [1.29, 1.82) is 5.26 Å². The number of carbonyl (C=O) groups excluding carboxylic acids is 1. The zero-order chi connectivity index (χ0) is 14.4. The minimum atomic E-state index is -0.0605. The summed E-state index contributed by atoms with van der Waals surface area (Å²) in [6.45, 7) is 0.454. The standard InChI is InChI=1S/C16H13ClN2O/c17-15-3-1-2-14(8-15)11-19-16(20)9-12-4-6-13(10-18)7-5-12/h1-8H,9,11H2,(H,19,20). The Morgan fingerprint density at radius 3 is 2.55 bits per heavy atom. The summed E-state index contributed by atoms with van der Waals surface area (Å²) in [7, 11) is 0. The zero-order valence-electron chi connectivity index (χ0n) is 10.8. The average molecular weight is 285 g/mol. The molecule has 1 N–H and O–H groups in total. The van der Waals surface area contributed by atoms with E-state index in [0.717, 1.165) is 11.1 Å². The van der Waals surface area contributed by atoms with Crippen LogP contribution >= 0.6 is 11.6 Å². The first-order valence-corrected chi connectivity index (χ1v) is 6.55. The van der Waals surface area contributed by atoms with Gasteiger partial charge in [0.1, 0.15) is 0 Å². The van der Waals surface area contributed by atoms with Crippen LogP contribution in [0.2, 0.25) is 5.02 Å². The van der Waals surface area contributed by atoms with Gasteiger partial charge in [-0.25, -0.2) is 0 Å². The van der Waals surface area contributed by atoms with E-state index in [-0.39, 0.29) is 5.91 Å². The molecule has 3 nitrogen and oxygen atoms in total. The van der Waals surface area contributed by atoms with E-state index in [4.69, 9.17) is 16.9 Å². The molecule has 2 rings (SSSR count). The molecule has 0 aromatic heterocycles. The maximum atomic E-state index is 11.8. The van der Waals surface area contributed by atoms with Crippen LogP contribution in [0.4, 0.5) is 0 Å². The third-order valence-electron chi connectivity index (χ3n) is 2.83. The lowest BCUT2D eigenvalue weighted by molar-refractivity contribution is -0.120. The summed E-state index contributed by atoms with van der Waals surface area (Å²) in [5.41, 5.74) is 2.44. The van der Waals surface area contributed by atoms with Gasteiger partial charge in [0.05, 0.1) is 18.1 Å². The third-order valence-corrected chi connectivity index (χ3v) is 3.06. The molecule has 0 bridgehead atoms. The van der Waals surface area contributed by atoms with Gasteiger partial charge >= 0.3 is 0 Å². The van der Waals surface area contributed by atoms with Crippen molar-refractivity contribution >= 4 is 17.5 Å². The second kappa shape index (κ2) is 6.74. The Hall–Kier alpha value is -2.31. The topological polar surface area (TPSA) is 52.9 Å². The van der Waals surface area contributed by atoms with Crippen molar-refractivity contribution in [2.75, 3.05) is 0 Å². The molecule has 20 heavy (non-hydrogen) atoms. The van der Waals surface area contributed by atoms with Crippen LogP contribution in [0.25, 0.3) is 0 Å². The number of hydrogen-bond donors (Lipinski definition) is 1. The summed E-state index contributed by atoms with van der Waals surface area (Å²) in [5.74, 6) is -0.0605. The quantitative estimate of drug-likeness (QED) is 0.938. The van der Waals surface area contributed by atoms with Crippen LogP contribution in [-0.4, -0.2) is 5.91 Å². The number of carbonyl (C=O) groups is 1. The lowest BCUT2D eigenvalue weighted by Crippen LogP contribution is -2.24. The fourth-order valence-electron chi connectivity index (χ4n) is 1.79. The molecule has 0 radical (unpaired) electrons. The molecule has 2 aromatic rings.